The lowest BCUT2D eigenvalue weighted by atomic mass is 10.00. The van der Waals surface area contributed by atoms with Gasteiger partial charge in [0.1, 0.15) is 12.4 Å². The summed E-state index contributed by atoms with van der Waals surface area (Å²) >= 11 is 6.04. The molecule has 1 aliphatic rings. The number of carboxylic acids is 1. The summed E-state index contributed by atoms with van der Waals surface area (Å²) in [5, 5.41) is 9.58. The minimum atomic E-state index is -0.774. The second kappa shape index (κ2) is 9.88. The van der Waals surface area contributed by atoms with Crippen molar-refractivity contribution in [1.29, 1.82) is 0 Å². The Labute approximate surface area is 188 Å². The van der Waals surface area contributed by atoms with Gasteiger partial charge in [0.25, 0.3) is 0 Å². The SMILES string of the molecule is O=C(O)CCc1ccc(COc2cccc3c2N(Cc2ccc(Cl)cc2)CCC3)cc1. The average Bonchev–Trinajstić information content (AvgIpc) is 2.78. The number of ether oxygens (including phenoxy) is 1. The van der Waals surface area contributed by atoms with Crippen LogP contribution in [-0.4, -0.2) is 17.6 Å². The number of aryl methyl sites for hydroxylation is 2. The van der Waals surface area contributed by atoms with Crippen molar-refractivity contribution in [2.45, 2.75) is 38.8 Å². The zero-order valence-corrected chi connectivity index (χ0v) is 18.1. The van der Waals surface area contributed by atoms with Gasteiger partial charge >= 0.3 is 5.97 Å². The number of anilines is 1. The Balaban J connectivity index is 1.47. The van der Waals surface area contributed by atoms with Crippen molar-refractivity contribution >= 4 is 23.3 Å². The van der Waals surface area contributed by atoms with Crippen LogP contribution in [-0.2, 0) is 30.8 Å². The fraction of sp³-hybridized carbons (Fsp3) is 0.269. The van der Waals surface area contributed by atoms with Crippen LogP contribution in [0.2, 0.25) is 5.02 Å². The molecule has 1 heterocycles. The maximum absolute atomic E-state index is 10.7. The Morgan fingerprint density at radius 2 is 1.68 bits per heavy atom. The van der Waals surface area contributed by atoms with Crippen LogP contribution in [0.15, 0.2) is 66.7 Å². The fourth-order valence-corrected chi connectivity index (χ4v) is 4.13. The minimum absolute atomic E-state index is 0.148. The lowest BCUT2D eigenvalue weighted by Gasteiger charge is -2.33. The first-order valence-electron chi connectivity index (χ1n) is 10.6. The molecule has 0 radical (unpaired) electrons. The van der Waals surface area contributed by atoms with E-state index in [9.17, 15) is 4.79 Å². The van der Waals surface area contributed by atoms with Crippen molar-refractivity contribution in [2.75, 3.05) is 11.4 Å². The number of hydrogen-bond donors (Lipinski definition) is 1. The predicted octanol–water partition coefficient (Wildman–Crippen LogP) is 5.89. The van der Waals surface area contributed by atoms with Gasteiger partial charge in [-0.1, -0.05) is 60.1 Å². The smallest absolute Gasteiger partial charge is 0.303 e. The summed E-state index contributed by atoms with van der Waals surface area (Å²) in [5.41, 5.74) is 5.82. The van der Waals surface area contributed by atoms with Crippen molar-refractivity contribution in [3.8, 4) is 5.75 Å². The number of para-hydroxylation sites is 1. The standard InChI is InChI=1S/C26H26ClNO3/c27-23-13-10-20(11-14-23)17-28-16-2-4-22-3-1-5-24(26(22)28)31-18-21-8-6-19(7-9-21)12-15-25(29)30/h1,3,5-11,13-14H,2,4,12,15-18H2,(H,29,30). The van der Waals surface area contributed by atoms with Crippen LogP contribution in [0.5, 0.6) is 5.75 Å². The van der Waals surface area contributed by atoms with Crippen molar-refractivity contribution in [1.82, 2.24) is 0 Å². The van der Waals surface area contributed by atoms with Gasteiger partial charge in [-0.25, -0.2) is 0 Å². The molecule has 5 heteroatoms. The predicted molar refractivity (Wildman–Crippen MR) is 124 cm³/mol. The zero-order valence-electron chi connectivity index (χ0n) is 17.4. The average molecular weight is 436 g/mol. The number of benzene rings is 3. The molecule has 0 aliphatic carbocycles. The molecule has 4 nitrogen and oxygen atoms in total. The molecule has 4 rings (SSSR count). The van der Waals surface area contributed by atoms with Crippen molar-refractivity contribution < 1.29 is 14.6 Å². The first-order valence-corrected chi connectivity index (χ1v) is 11.0. The molecule has 3 aromatic rings. The van der Waals surface area contributed by atoms with Crippen LogP contribution in [0, 0.1) is 0 Å². The second-order valence-corrected chi connectivity index (χ2v) is 8.35. The third-order valence-electron chi connectivity index (χ3n) is 5.60. The monoisotopic (exact) mass is 435 g/mol. The number of aliphatic carboxylic acids is 1. The summed E-state index contributed by atoms with van der Waals surface area (Å²) in [5.74, 6) is 0.130. The lowest BCUT2D eigenvalue weighted by molar-refractivity contribution is -0.136. The molecule has 0 bridgehead atoms. The van der Waals surface area contributed by atoms with E-state index in [1.165, 1.54) is 16.8 Å². The molecular weight excluding hydrogens is 410 g/mol. The molecule has 0 aromatic heterocycles. The van der Waals surface area contributed by atoms with Crippen LogP contribution < -0.4 is 9.64 Å². The largest absolute Gasteiger partial charge is 0.487 e. The van der Waals surface area contributed by atoms with Gasteiger partial charge in [-0.2, -0.15) is 0 Å². The first kappa shape index (κ1) is 21.3. The van der Waals surface area contributed by atoms with E-state index in [-0.39, 0.29) is 6.42 Å². The number of fused-ring (bicyclic) bond motifs is 1. The Bertz CT molecular complexity index is 1030. The van der Waals surface area contributed by atoms with Crippen LogP contribution in [0.1, 0.15) is 35.1 Å². The Morgan fingerprint density at radius 1 is 0.968 bits per heavy atom. The van der Waals surface area contributed by atoms with E-state index in [0.29, 0.717) is 13.0 Å². The minimum Gasteiger partial charge on any atom is -0.487 e. The molecule has 1 N–H and O–H groups in total. The molecule has 0 fully saturated rings. The van der Waals surface area contributed by atoms with Gasteiger partial charge in [-0.3, -0.25) is 4.79 Å². The summed E-state index contributed by atoms with van der Waals surface area (Å²) in [6.45, 7) is 2.29. The normalized spacial score (nSPS) is 13.0. The number of hydrogen-bond acceptors (Lipinski definition) is 3. The third-order valence-corrected chi connectivity index (χ3v) is 5.86. The molecule has 0 unspecified atom stereocenters. The summed E-state index contributed by atoms with van der Waals surface area (Å²) < 4.78 is 6.26. The molecule has 0 atom stereocenters. The van der Waals surface area contributed by atoms with E-state index >= 15 is 0 Å². The third kappa shape index (κ3) is 5.59. The number of halogens is 1. The summed E-state index contributed by atoms with van der Waals surface area (Å²) in [7, 11) is 0. The van der Waals surface area contributed by atoms with E-state index in [0.717, 1.165) is 47.8 Å². The van der Waals surface area contributed by atoms with Crippen LogP contribution >= 0.6 is 11.6 Å². The van der Waals surface area contributed by atoms with Gasteiger partial charge in [-0.05, 0) is 59.7 Å². The quantitative estimate of drug-likeness (QED) is 0.479. The number of nitrogens with zero attached hydrogens (tertiary/aromatic N) is 1. The maximum Gasteiger partial charge on any atom is 0.303 e. The molecule has 1 aliphatic heterocycles. The van der Waals surface area contributed by atoms with E-state index in [1.807, 2.05) is 42.5 Å². The Hall–Kier alpha value is -2.98. The highest BCUT2D eigenvalue weighted by atomic mass is 35.5. The van der Waals surface area contributed by atoms with Crippen LogP contribution in [0.25, 0.3) is 0 Å². The molecule has 0 amide bonds. The summed E-state index contributed by atoms with van der Waals surface area (Å²) in [4.78, 5) is 13.1. The van der Waals surface area contributed by atoms with Crippen molar-refractivity contribution in [3.63, 3.8) is 0 Å². The second-order valence-electron chi connectivity index (χ2n) is 7.91. The molecule has 3 aromatic carbocycles. The lowest BCUT2D eigenvalue weighted by Crippen LogP contribution is -2.29. The highest BCUT2D eigenvalue weighted by Gasteiger charge is 2.21. The highest BCUT2D eigenvalue weighted by molar-refractivity contribution is 6.30. The number of rotatable bonds is 8. The molecule has 0 spiro atoms. The Morgan fingerprint density at radius 3 is 2.42 bits per heavy atom. The molecule has 160 valence electrons. The van der Waals surface area contributed by atoms with Gasteiger partial charge in [0.05, 0.1) is 5.69 Å². The van der Waals surface area contributed by atoms with Crippen molar-refractivity contribution in [3.05, 3.63) is 94.0 Å². The van der Waals surface area contributed by atoms with E-state index in [4.69, 9.17) is 21.4 Å². The van der Waals surface area contributed by atoms with Gasteiger partial charge in [0, 0.05) is 24.5 Å². The highest BCUT2D eigenvalue weighted by Crippen LogP contribution is 2.37. The molecule has 31 heavy (non-hydrogen) atoms. The maximum atomic E-state index is 10.7. The van der Waals surface area contributed by atoms with E-state index in [1.54, 1.807) is 0 Å². The van der Waals surface area contributed by atoms with Crippen LogP contribution in [0.4, 0.5) is 5.69 Å². The summed E-state index contributed by atoms with van der Waals surface area (Å²) in [6.07, 6.45) is 2.88. The molecular formula is C26H26ClNO3. The van der Waals surface area contributed by atoms with Gasteiger partial charge in [0.2, 0.25) is 0 Å². The molecule has 0 saturated carbocycles. The summed E-state index contributed by atoms with van der Waals surface area (Å²) in [6, 6.07) is 22.3. The molecule has 0 saturated heterocycles. The van der Waals surface area contributed by atoms with Crippen molar-refractivity contribution in [2.24, 2.45) is 0 Å². The van der Waals surface area contributed by atoms with Gasteiger partial charge in [0.15, 0.2) is 0 Å². The fourth-order valence-electron chi connectivity index (χ4n) is 4.00. The van der Waals surface area contributed by atoms with Crippen LogP contribution in [0.3, 0.4) is 0 Å². The number of carbonyl (C=O) groups is 1. The van der Waals surface area contributed by atoms with E-state index < -0.39 is 5.97 Å². The number of carboxylic acid groups (broad SMARTS) is 1. The topological polar surface area (TPSA) is 49.8 Å². The zero-order chi connectivity index (χ0) is 21.6. The van der Waals surface area contributed by atoms with Gasteiger partial charge in [-0.15, -0.1) is 0 Å². The van der Waals surface area contributed by atoms with E-state index in [2.05, 4.69) is 29.2 Å². The van der Waals surface area contributed by atoms with Gasteiger partial charge < -0.3 is 14.7 Å². The first-order chi connectivity index (χ1) is 15.1. The Kier molecular flexibility index (Phi) is 6.78.